The van der Waals surface area contributed by atoms with Gasteiger partial charge in [-0.3, -0.25) is 43.2 Å². The molecule has 37 nitrogen and oxygen atoms in total. The molecule has 0 aromatic rings. The van der Waals surface area contributed by atoms with Crippen LogP contribution in [-0.2, 0) is 76.4 Å². The van der Waals surface area contributed by atoms with Crippen molar-refractivity contribution in [3.63, 3.8) is 0 Å². The highest BCUT2D eigenvalue weighted by Crippen LogP contribution is 2.39. The summed E-state index contributed by atoms with van der Waals surface area (Å²) in [7, 11) is 1.41. The van der Waals surface area contributed by atoms with Crippen LogP contribution in [0, 0.1) is 0 Å². The van der Waals surface area contributed by atoms with E-state index in [2.05, 4.69) is 37.2 Å². The molecule has 23 atom stereocenters. The van der Waals surface area contributed by atoms with Gasteiger partial charge < -0.3 is 137 Å². The van der Waals surface area contributed by atoms with Gasteiger partial charge in [0, 0.05) is 33.4 Å². The summed E-state index contributed by atoms with van der Waals surface area (Å²) < 4.78 is 35.3. The molecule has 0 radical (unpaired) electrons. The number of rotatable bonds is 28. The van der Waals surface area contributed by atoms with Gasteiger partial charge in [-0.05, 0) is 53.5 Å². The Hall–Kier alpha value is -5.98. The van der Waals surface area contributed by atoms with Crippen molar-refractivity contribution in [1.29, 1.82) is 0 Å². The van der Waals surface area contributed by atoms with Gasteiger partial charge in [0.25, 0.3) is 5.79 Å². The Labute approximate surface area is 503 Å². The third-order valence-corrected chi connectivity index (χ3v) is 15.6. The SMILES string of the molecule is CNCC(=O)NC(CO)C(=O)NC(C(=O)NC(C)C(=O)N1CCCC1C(=O)N1CCCC1C(=O)NC(C)C(N)=O)C(C)O[C@@H]1OC(CO)[C@H](O)C(O[C@@H]2OC(CO)[C@H](O)C(O[C@]3(C(=O)O)C[C@H](O)[C@@H](NC(C)=O)C([C@H](O)[C@H](O)CO)O3)[C@H]2O)[C@H]1NC(C)=O. The van der Waals surface area contributed by atoms with E-state index in [0.29, 0.717) is 12.8 Å². The lowest BCUT2D eigenvalue weighted by Crippen LogP contribution is -2.71. The van der Waals surface area contributed by atoms with Crippen molar-refractivity contribution in [2.24, 2.45) is 5.73 Å². The van der Waals surface area contributed by atoms with Crippen LogP contribution in [0.3, 0.4) is 0 Å². The fourth-order valence-electron chi connectivity index (χ4n) is 11.0. The number of ether oxygens (including phenoxy) is 6. The van der Waals surface area contributed by atoms with Crippen LogP contribution in [0.15, 0.2) is 0 Å². The maximum Gasteiger partial charge on any atom is 0.364 e. The molecular formula is C51H84N10O27. The monoisotopic (exact) mass is 1270 g/mol. The Morgan fingerprint density at radius 3 is 1.84 bits per heavy atom. The van der Waals surface area contributed by atoms with Crippen LogP contribution < -0.4 is 43.0 Å². The number of primary amides is 1. The highest BCUT2D eigenvalue weighted by molar-refractivity contribution is 5.97. The summed E-state index contributed by atoms with van der Waals surface area (Å²) in [6, 6.07) is -11.9. The van der Waals surface area contributed by atoms with Crippen LogP contribution in [0.5, 0.6) is 0 Å². The standard InChI is InChI=1S/C51H84N10O27/c1-19(42(52)75)54-44(77)25-9-7-11-60(25)47(80)26-10-8-12-61(26)46(79)20(2)55-45(78)32(59-43(76)24(15-62)58-31(70)14-53-6)21(3)83-48-34(57-23(5)67)39(36(72)29(17-64)84-48)86-49-38(74)41(37(73)30(18-65)85-49)88-51(50(81)82)13-27(68)33(56-22(4)66)40(87-51)35(71)28(69)16-63/h19-21,24-30,32-41,48-49,53,62-65,68-69,71-74H,7-18H2,1-6H3,(H2,52,75)(H,54,77)(H,55,78)(H,56,66)(H,57,67)(H,58,70)(H,59,76)(H,81,82)/t19?,20?,21?,24?,25?,26?,27-,28+,29?,30?,32?,33+,34+,35+,36-,37-,38+,39?,40?,41?,48+,49-,51-/m0/s1. The number of amides is 9. The molecule has 12 unspecified atom stereocenters. The van der Waals surface area contributed by atoms with Gasteiger partial charge in [-0.1, -0.05) is 0 Å². The van der Waals surface area contributed by atoms with Crippen molar-refractivity contribution in [3.8, 4) is 0 Å². The number of aliphatic carboxylic acids is 1. The number of carboxylic acids is 1. The maximum atomic E-state index is 14.6. The van der Waals surface area contributed by atoms with E-state index < -0.39 is 232 Å². The first-order valence-corrected chi connectivity index (χ1v) is 28.4. The van der Waals surface area contributed by atoms with Crippen molar-refractivity contribution in [2.75, 3.05) is 53.1 Å². The third-order valence-electron chi connectivity index (χ3n) is 15.6. The molecule has 0 aromatic heterocycles. The number of hydrogen-bond donors (Lipinski definition) is 19. The molecule has 0 aliphatic carbocycles. The zero-order valence-electron chi connectivity index (χ0n) is 49.1. The zero-order chi connectivity index (χ0) is 65.8. The lowest BCUT2D eigenvalue weighted by atomic mass is 9.88. The average molecular weight is 1270 g/mol. The van der Waals surface area contributed by atoms with Gasteiger partial charge in [0.2, 0.25) is 53.2 Å². The van der Waals surface area contributed by atoms with Gasteiger partial charge in [-0.25, -0.2) is 4.79 Å². The second kappa shape index (κ2) is 32.2. The summed E-state index contributed by atoms with van der Waals surface area (Å²) >= 11 is 0. The van der Waals surface area contributed by atoms with Crippen LogP contribution >= 0.6 is 0 Å². The fourth-order valence-corrected chi connectivity index (χ4v) is 11.0. The number of aliphatic hydroxyl groups is 10. The quantitative estimate of drug-likeness (QED) is 0.0346. The molecule has 20 N–H and O–H groups in total. The number of carboxylic acid groups (broad SMARTS) is 1. The number of carbonyl (C=O) groups excluding carboxylic acids is 9. The lowest BCUT2D eigenvalue weighted by molar-refractivity contribution is -0.382. The molecule has 0 aromatic carbocycles. The number of likely N-dealkylation sites (N-methyl/N-ethyl adjacent to an activating group) is 1. The van der Waals surface area contributed by atoms with Crippen LogP contribution in [0.2, 0.25) is 0 Å². The Kier molecular flexibility index (Phi) is 26.6. The summed E-state index contributed by atoms with van der Waals surface area (Å²) in [5.74, 6) is -13.0. The van der Waals surface area contributed by atoms with E-state index in [9.17, 15) is 104 Å². The molecule has 5 aliphatic heterocycles. The first-order valence-electron chi connectivity index (χ1n) is 28.4. The molecule has 5 aliphatic rings. The Morgan fingerprint density at radius 1 is 0.705 bits per heavy atom. The van der Waals surface area contributed by atoms with Gasteiger partial charge in [0.05, 0.1) is 51.2 Å². The molecule has 5 heterocycles. The molecule has 0 spiro atoms. The van der Waals surface area contributed by atoms with Gasteiger partial charge in [0.15, 0.2) is 12.6 Å². The summed E-state index contributed by atoms with van der Waals surface area (Å²) in [6.45, 7) is 1.18. The molecule has 88 heavy (non-hydrogen) atoms. The number of carbonyl (C=O) groups is 10. The van der Waals surface area contributed by atoms with Gasteiger partial charge in [0.1, 0.15) is 103 Å². The fraction of sp³-hybridized carbons (Fsp3) is 0.804. The summed E-state index contributed by atoms with van der Waals surface area (Å²) in [5.41, 5.74) is 5.32. The molecule has 500 valence electrons. The van der Waals surface area contributed by atoms with Crippen molar-refractivity contribution in [3.05, 3.63) is 0 Å². The normalized spacial score (nSPS) is 33.1. The molecular weight excluding hydrogens is 1180 g/mol. The Balaban J connectivity index is 1.45. The minimum absolute atomic E-state index is 0.0258. The molecule has 5 fully saturated rings. The van der Waals surface area contributed by atoms with E-state index in [4.69, 9.17) is 34.2 Å². The molecule has 9 amide bonds. The topological polar surface area (TPSA) is 565 Å². The number of likely N-dealkylation sites (tertiary alicyclic amines) is 2. The minimum Gasteiger partial charge on any atom is -0.477 e. The highest BCUT2D eigenvalue weighted by Gasteiger charge is 2.61. The van der Waals surface area contributed by atoms with E-state index in [-0.39, 0.29) is 32.5 Å². The van der Waals surface area contributed by atoms with E-state index in [1.807, 2.05) is 0 Å². The van der Waals surface area contributed by atoms with Crippen LogP contribution in [0.4, 0.5) is 0 Å². The number of nitrogens with one attached hydrogen (secondary N) is 7. The number of nitrogens with zero attached hydrogens (tertiary/aromatic N) is 2. The summed E-state index contributed by atoms with van der Waals surface area (Å²) in [6.07, 6.45) is -29.3. The van der Waals surface area contributed by atoms with Crippen LogP contribution in [0.1, 0.15) is 66.7 Å². The highest BCUT2D eigenvalue weighted by atomic mass is 16.8. The van der Waals surface area contributed by atoms with E-state index in [1.165, 1.54) is 30.7 Å². The van der Waals surface area contributed by atoms with Crippen molar-refractivity contribution < 1.29 is 133 Å². The van der Waals surface area contributed by atoms with Gasteiger partial charge >= 0.3 is 5.97 Å². The van der Waals surface area contributed by atoms with Crippen molar-refractivity contribution in [1.82, 2.24) is 47.0 Å². The Morgan fingerprint density at radius 2 is 1.28 bits per heavy atom. The predicted octanol–water partition coefficient (Wildman–Crippen LogP) is -12.0. The first kappa shape index (κ1) is 72.8. The summed E-state index contributed by atoms with van der Waals surface area (Å²) in [4.78, 5) is 135. The number of nitrogens with two attached hydrogens (primary N) is 1. The smallest absolute Gasteiger partial charge is 0.364 e. The molecule has 0 bridgehead atoms. The minimum atomic E-state index is -3.22. The predicted molar refractivity (Wildman–Crippen MR) is 289 cm³/mol. The van der Waals surface area contributed by atoms with Crippen molar-refractivity contribution >= 4 is 59.1 Å². The largest absolute Gasteiger partial charge is 0.477 e. The van der Waals surface area contributed by atoms with E-state index in [0.717, 1.165) is 20.8 Å². The zero-order valence-corrected chi connectivity index (χ0v) is 49.1. The summed E-state index contributed by atoms with van der Waals surface area (Å²) in [5, 5.41) is 136. The lowest BCUT2D eigenvalue weighted by Gasteiger charge is -2.51. The van der Waals surface area contributed by atoms with E-state index in [1.54, 1.807) is 0 Å². The third kappa shape index (κ3) is 17.3. The molecule has 5 rings (SSSR count). The van der Waals surface area contributed by atoms with Gasteiger partial charge in [-0.15, -0.1) is 0 Å². The average Bonchev–Trinajstić information content (AvgIpc) is 2.04. The Bertz CT molecular complexity index is 2470. The van der Waals surface area contributed by atoms with Gasteiger partial charge in [-0.2, -0.15) is 0 Å². The maximum absolute atomic E-state index is 14.6. The number of hydrogen-bond acceptors (Lipinski definition) is 27. The van der Waals surface area contributed by atoms with Crippen LogP contribution in [-0.4, -0.2) is 318 Å². The number of aliphatic hydroxyl groups excluding tert-OH is 10. The second-order valence-electron chi connectivity index (χ2n) is 22.1. The second-order valence-corrected chi connectivity index (χ2v) is 22.1. The molecule has 5 saturated heterocycles. The van der Waals surface area contributed by atoms with E-state index >= 15 is 0 Å². The first-order chi connectivity index (χ1) is 41.4. The van der Waals surface area contributed by atoms with Crippen LogP contribution in [0.25, 0.3) is 0 Å². The molecule has 37 heteroatoms. The molecule has 0 saturated carbocycles. The van der Waals surface area contributed by atoms with Crippen molar-refractivity contribution in [2.45, 2.75) is 207 Å².